The molecule has 2 N–H and O–H groups in total. The third-order valence-corrected chi connectivity index (χ3v) is 2.82. The first-order valence-corrected chi connectivity index (χ1v) is 6.25. The third kappa shape index (κ3) is 3.63. The predicted octanol–water partition coefficient (Wildman–Crippen LogP) is 2.79. The molecule has 2 aromatic rings. The van der Waals surface area contributed by atoms with E-state index in [9.17, 15) is 0 Å². The lowest BCUT2D eigenvalue weighted by atomic mass is 10.2. The number of aromatic nitrogens is 2. The van der Waals surface area contributed by atoms with Gasteiger partial charge in [0, 0.05) is 22.8 Å². The van der Waals surface area contributed by atoms with Crippen LogP contribution in [0.15, 0.2) is 30.6 Å². The SMILES string of the molecule is OCCn1cc(NCc2cc(Cl)cc(Cl)c2)cn1. The molecule has 4 nitrogen and oxygen atoms in total. The van der Waals surface area contributed by atoms with Gasteiger partial charge < -0.3 is 10.4 Å². The van der Waals surface area contributed by atoms with Gasteiger partial charge in [-0.1, -0.05) is 23.2 Å². The van der Waals surface area contributed by atoms with Crippen molar-refractivity contribution in [3.05, 3.63) is 46.2 Å². The number of anilines is 1. The zero-order valence-electron chi connectivity index (χ0n) is 9.61. The van der Waals surface area contributed by atoms with Crippen LogP contribution in [0.3, 0.4) is 0 Å². The molecule has 6 heteroatoms. The number of aliphatic hydroxyl groups excluding tert-OH is 1. The highest BCUT2D eigenvalue weighted by atomic mass is 35.5. The minimum Gasteiger partial charge on any atom is -0.394 e. The van der Waals surface area contributed by atoms with E-state index >= 15 is 0 Å². The summed E-state index contributed by atoms with van der Waals surface area (Å²) in [6.07, 6.45) is 3.55. The summed E-state index contributed by atoms with van der Waals surface area (Å²) in [6, 6.07) is 5.42. The fourth-order valence-electron chi connectivity index (χ4n) is 1.60. The summed E-state index contributed by atoms with van der Waals surface area (Å²) >= 11 is 11.8. The Hall–Kier alpha value is -1.23. The highest BCUT2D eigenvalue weighted by molar-refractivity contribution is 6.34. The first-order chi connectivity index (χ1) is 8.67. The minimum absolute atomic E-state index is 0.0744. The summed E-state index contributed by atoms with van der Waals surface area (Å²) in [5.41, 5.74) is 1.89. The van der Waals surface area contributed by atoms with Crippen molar-refractivity contribution >= 4 is 28.9 Å². The number of nitrogens with zero attached hydrogens (tertiary/aromatic N) is 2. The molecule has 1 heterocycles. The smallest absolute Gasteiger partial charge is 0.0729 e. The maximum Gasteiger partial charge on any atom is 0.0729 e. The molecular formula is C12H13Cl2N3O. The molecule has 2 rings (SSSR count). The van der Waals surface area contributed by atoms with E-state index in [1.54, 1.807) is 16.9 Å². The van der Waals surface area contributed by atoms with E-state index in [4.69, 9.17) is 28.3 Å². The normalized spacial score (nSPS) is 10.6. The van der Waals surface area contributed by atoms with Gasteiger partial charge in [-0.3, -0.25) is 4.68 Å². The van der Waals surface area contributed by atoms with Crippen molar-refractivity contribution in [2.24, 2.45) is 0 Å². The first-order valence-electron chi connectivity index (χ1n) is 5.49. The van der Waals surface area contributed by atoms with Crippen LogP contribution in [0.4, 0.5) is 5.69 Å². The second-order valence-electron chi connectivity index (χ2n) is 3.85. The maximum atomic E-state index is 8.79. The van der Waals surface area contributed by atoms with Crippen molar-refractivity contribution < 1.29 is 5.11 Å². The molecule has 0 atom stereocenters. The van der Waals surface area contributed by atoms with Crippen LogP contribution >= 0.6 is 23.2 Å². The van der Waals surface area contributed by atoms with Crippen LogP contribution in [0.2, 0.25) is 10.0 Å². The monoisotopic (exact) mass is 285 g/mol. The van der Waals surface area contributed by atoms with Crippen molar-refractivity contribution in [2.45, 2.75) is 13.1 Å². The second-order valence-corrected chi connectivity index (χ2v) is 4.72. The highest BCUT2D eigenvalue weighted by Crippen LogP contribution is 2.19. The average molecular weight is 286 g/mol. The Bertz CT molecular complexity index is 508. The van der Waals surface area contributed by atoms with E-state index in [0.717, 1.165) is 11.3 Å². The topological polar surface area (TPSA) is 50.1 Å². The molecule has 0 amide bonds. The molecule has 0 fully saturated rings. The number of benzene rings is 1. The lowest BCUT2D eigenvalue weighted by molar-refractivity contribution is 0.269. The summed E-state index contributed by atoms with van der Waals surface area (Å²) in [5, 5.41) is 17.3. The van der Waals surface area contributed by atoms with E-state index in [2.05, 4.69) is 10.4 Å². The molecule has 0 saturated carbocycles. The first kappa shape index (κ1) is 13.2. The third-order valence-electron chi connectivity index (χ3n) is 2.38. The molecule has 0 aliphatic rings. The molecule has 1 aromatic carbocycles. The summed E-state index contributed by atoms with van der Waals surface area (Å²) < 4.78 is 1.67. The summed E-state index contributed by atoms with van der Waals surface area (Å²) in [5.74, 6) is 0. The van der Waals surface area contributed by atoms with E-state index < -0.39 is 0 Å². The molecule has 0 spiro atoms. The largest absolute Gasteiger partial charge is 0.394 e. The molecule has 0 aliphatic carbocycles. The summed E-state index contributed by atoms with van der Waals surface area (Å²) in [6.45, 7) is 1.18. The van der Waals surface area contributed by atoms with E-state index in [0.29, 0.717) is 23.1 Å². The molecule has 0 aliphatic heterocycles. The van der Waals surface area contributed by atoms with Crippen molar-refractivity contribution in [2.75, 3.05) is 11.9 Å². The van der Waals surface area contributed by atoms with Gasteiger partial charge in [-0.25, -0.2) is 0 Å². The zero-order valence-corrected chi connectivity index (χ0v) is 11.1. The van der Waals surface area contributed by atoms with Crippen molar-refractivity contribution in [1.29, 1.82) is 0 Å². The Labute approximate surface area is 115 Å². The fraction of sp³-hybridized carbons (Fsp3) is 0.250. The fourth-order valence-corrected chi connectivity index (χ4v) is 2.17. The Morgan fingerprint density at radius 2 is 1.94 bits per heavy atom. The predicted molar refractivity (Wildman–Crippen MR) is 73.1 cm³/mol. The molecule has 0 unspecified atom stereocenters. The van der Waals surface area contributed by atoms with Gasteiger partial charge in [-0.05, 0) is 23.8 Å². The van der Waals surface area contributed by atoms with Gasteiger partial charge in [-0.2, -0.15) is 5.10 Å². The number of halogens is 2. The van der Waals surface area contributed by atoms with E-state index in [1.807, 2.05) is 18.3 Å². The van der Waals surface area contributed by atoms with Gasteiger partial charge >= 0.3 is 0 Å². The Morgan fingerprint density at radius 3 is 2.61 bits per heavy atom. The zero-order chi connectivity index (χ0) is 13.0. The molecule has 0 bridgehead atoms. The maximum absolute atomic E-state index is 8.79. The molecule has 0 radical (unpaired) electrons. The number of rotatable bonds is 5. The Kier molecular flexibility index (Phi) is 4.47. The summed E-state index contributed by atoms with van der Waals surface area (Å²) in [7, 11) is 0. The van der Waals surface area contributed by atoms with Crippen LogP contribution in [0.25, 0.3) is 0 Å². The van der Waals surface area contributed by atoms with E-state index in [-0.39, 0.29) is 6.61 Å². The summed E-state index contributed by atoms with van der Waals surface area (Å²) in [4.78, 5) is 0. The van der Waals surface area contributed by atoms with Gasteiger partial charge in [-0.15, -0.1) is 0 Å². The molecule has 96 valence electrons. The number of hydrogen-bond acceptors (Lipinski definition) is 3. The molecular weight excluding hydrogens is 273 g/mol. The lowest BCUT2D eigenvalue weighted by Crippen LogP contribution is -2.02. The van der Waals surface area contributed by atoms with Crippen molar-refractivity contribution in [3.8, 4) is 0 Å². The van der Waals surface area contributed by atoms with Gasteiger partial charge in [0.2, 0.25) is 0 Å². The minimum atomic E-state index is 0.0744. The van der Waals surface area contributed by atoms with Crippen LogP contribution < -0.4 is 5.32 Å². The quantitative estimate of drug-likeness (QED) is 0.888. The molecule has 1 aromatic heterocycles. The molecule has 0 saturated heterocycles. The second kappa shape index (κ2) is 6.09. The Morgan fingerprint density at radius 1 is 1.22 bits per heavy atom. The van der Waals surface area contributed by atoms with Crippen molar-refractivity contribution in [3.63, 3.8) is 0 Å². The number of hydrogen-bond donors (Lipinski definition) is 2. The van der Waals surface area contributed by atoms with Gasteiger partial charge in [0.15, 0.2) is 0 Å². The van der Waals surface area contributed by atoms with Crippen LogP contribution in [0.5, 0.6) is 0 Å². The van der Waals surface area contributed by atoms with Gasteiger partial charge in [0.1, 0.15) is 0 Å². The number of aliphatic hydroxyl groups is 1. The highest BCUT2D eigenvalue weighted by Gasteiger charge is 2.00. The van der Waals surface area contributed by atoms with Crippen molar-refractivity contribution in [1.82, 2.24) is 9.78 Å². The van der Waals surface area contributed by atoms with Gasteiger partial charge in [0.05, 0.1) is 25.0 Å². The average Bonchev–Trinajstić information content (AvgIpc) is 2.74. The van der Waals surface area contributed by atoms with Crippen LogP contribution in [-0.2, 0) is 13.1 Å². The standard InChI is InChI=1S/C12H13Cl2N3O/c13-10-3-9(4-11(14)5-10)6-15-12-7-16-17(8-12)1-2-18/h3-5,7-8,15,18H,1-2,6H2. The van der Waals surface area contributed by atoms with Crippen LogP contribution in [0.1, 0.15) is 5.56 Å². The van der Waals surface area contributed by atoms with Gasteiger partial charge in [0.25, 0.3) is 0 Å². The van der Waals surface area contributed by atoms with E-state index in [1.165, 1.54) is 0 Å². The van der Waals surface area contributed by atoms with Crippen LogP contribution in [0, 0.1) is 0 Å². The van der Waals surface area contributed by atoms with Crippen LogP contribution in [-0.4, -0.2) is 21.5 Å². The molecule has 18 heavy (non-hydrogen) atoms. The number of nitrogens with one attached hydrogen (secondary N) is 1. The lowest BCUT2D eigenvalue weighted by Gasteiger charge is -2.05. The Balaban J connectivity index is 1.97.